The summed E-state index contributed by atoms with van der Waals surface area (Å²) in [4.78, 5) is 52.2. The highest BCUT2D eigenvalue weighted by Crippen LogP contribution is 2.41. The zero-order valence-electron chi connectivity index (χ0n) is 17.0. The van der Waals surface area contributed by atoms with Crippen molar-refractivity contribution in [1.82, 2.24) is 10.2 Å². The number of carboxylic acid groups (broad SMARTS) is 1. The molecule has 1 atom stereocenters. The van der Waals surface area contributed by atoms with Crippen LogP contribution in [0.4, 0.5) is 5.69 Å². The van der Waals surface area contributed by atoms with Gasteiger partial charge in [0.2, 0.25) is 11.8 Å². The molecule has 0 aliphatic carbocycles. The maximum absolute atomic E-state index is 13.2. The molecule has 2 N–H and O–H groups in total. The Labute approximate surface area is 178 Å². The van der Waals surface area contributed by atoms with Gasteiger partial charge in [-0.15, -0.1) is 0 Å². The van der Waals surface area contributed by atoms with Gasteiger partial charge in [-0.3, -0.25) is 34.3 Å². The van der Waals surface area contributed by atoms with Crippen molar-refractivity contribution in [2.75, 3.05) is 18.0 Å². The second-order valence-corrected chi connectivity index (χ2v) is 8.50. The molecular formula is C23H23N3O5. The topological polar surface area (TPSA) is 107 Å². The summed E-state index contributed by atoms with van der Waals surface area (Å²) >= 11 is 0. The number of likely N-dealkylation sites (tertiary alicyclic amines) is 1. The summed E-state index contributed by atoms with van der Waals surface area (Å²) in [7, 11) is 0. The Hall–Kier alpha value is -3.26. The molecule has 2 fully saturated rings. The van der Waals surface area contributed by atoms with Gasteiger partial charge in [0.05, 0.1) is 11.6 Å². The second-order valence-electron chi connectivity index (χ2n) is 8.50. The van der Waals surface area contributed by atoms with Crippen molar-refractivity contribution in [3.05, 3.63) is 41.5 Å². The van der Waals surface area contributed by atoms with Gasteiger partial charge in [0, 0.05) is 23.9 Å². The second kappa shape index (κ2) is 7.46. The molecule has 5 rings (SSSR count). The van der Waals surface area contributed by atoms with Crippen molar-refractivity contribution in [3.63, 3.8) is 0 Å². The number of piperidine rings is 2. The van der Waals surface area contributed by atoms with Crippen molar-refractivity contribution in [1.29, 1.82) is 0 Å². The van der Waals surface area contributed by atoms with E-state index in [1.54, 1.807) is 6.07 Å². The van der Waals surface area contributed by atoms with E-state index >= 15 is 0 Å². The Morgan fingerprint density at radius 1 is 1.06 bits per heavy atom. The van der Waals surface area contributed by atoms with Crippen LogP contribution in [0, 0.1) is 5.92 Å². The zero-order valence-corrected chi connectivity index (χ0v) is 17.0. The van der Waals surface area contributed by atoms with Crippen molar-refractivity contribution < 1.29 is 24.3 Å². The molecule has 0 saturated carbocycles. The molecule has 3 aliphatic rings. The highest BCUT2D eigenvalue weighted by molar-refractivity contribution is 6.27. The van der Waals surface area contributed by atoms with Gasteiger partial charge in [0.25, 0.3) is 5.91 Å². The Morgan fingerprint density at radius 2 is 1.84 bits per heavy atom. The maximum atomic E-state index is 13.2. The van der Waals surface area contributed by atoms with Crippen LogP contribution in [-0.2, 0) is 20.9 Å². The zero-order chi connectivity index (χ0) is 21.7. The molecule has 31 heavy (non-hydrogen) atoms. The molecule has 8 nitrogen and oxygen atoms in total. The molecule has 3 heterocycles. The standard InChI is InChI=1S/C23H23N3O5/c27-19-7-6-18(21(28)24-19)26-17-5-4-14(12-25-10-8-13(9-11-25)23(30)31)15-2-1-3-16(20(15)17)22(26)29/h1-5,13,18H,6-12H2,(H,30,31)(H,24,27,28). The SMILES string of the molecule is O=C1CCC(N2C(=O)c3cccc4c(CN5CCC(C(=O)O)CC5)ccc2c34)C(=O)N1. The normalized spacial score (nSPS) is 22.3. The fourth-order valence-electron chi connectivity index (χ4n) is 5.02. The van der Waals surface area contributed by atoms with Gasteiger partial charge in [-0.05, 0) is 55.4 Å². The average molecular weight is 421 g/mol. The molecule has 8 heteroatoms. The summed E-state index contributed by atoms with van der Waals surface area (Å²) < 4.78 is 0. The third kappa shape index (κ3) is 3.27. The fraction of sp³-hybridized carbons (Fsp3) is 0.391. The molecular weight excluding hydrogens is 398 g/mol. The van der Waals surface area contributed by atoms with E-state index in [9.17, 15) is 24.3 Å². The molecule has 2 aromatic rings. The number of hydrogen-bond acceptors (Lipinski definition) is 5. The number of anilines is 1. The number of hydrogen-bond donors (Lipinski definition) is 2. The molecule has 0 aromatic heterocycles. The summed E-state index contributed by atoms with van der Waals surface area (Å²) in [6.07, 6.45) is 1.80. The number of aliphatic carboxylic acids is 1. The molecule has 3 amide bonds. The molecule has 0 radical (unpaired) electrons. The van der Waals surface area contributed by atoms with E-state index in [0.717, 1.165) is 29.4 Å². The predicted molar refractivity (Wildman–Crippen MR) is 113 cm³/mol. The predicted octanol–water partition coefficient (Wildman–Crippen LogP) is 1.90. The third-order valence-corrected chi connectivity index (χ3v) is 6.67. The van der Waals surface area contributed by atoms with Crippen molar-refractivity contribution in [3.8, 4) is 0 Å². The number of carbonyl (C=O) groups excluding carboxylic acids is 3. The maximum Gasteiger partial charge on any atom is 0.306 e. The van der Waals surface area contributed by atoms with Crippen LogP contribution in [0.25, 0.3) is 10.8 Å². The van der Waals surface area contributed by atoms with Crippen LogP contribution in [-0.4, -0.2) is 52.8 Å². The highest BCUT2D eigenvalue weighted by atomic mass is 16.4. The first-order valence-corrected chi connectivity index (χ1v) is 10.6. The first kappa shape index (κ1) is 19.7. The van der Waals surface area contributed by atoms with Crippen LogP contribution < -0.4 is 10.2 Å². The molecule has 2 saturated heterocycles. The highest BCUT2D eigenvalue weighted by Gasteiger charge is 2.40. The summed E-state index contributed by atoms with van der Waals surface area (Å²) in [6.45, 7) is 2.13. The van der Waals surface area contributed by atoms with Crippen molar-refractivity contribution in [2.24, 2.45) is 5.92 Å². The number of imide groups is 1. The first-order valence-electron chi connectivity index (χ1n) is 10.6. The van der Waals surface area contributed by atoms with Gasteiger partial charge in [-0.2, -0.15) is 0 Å². The monoisotopic (exact) mass is 421 g/mol. The summed E-state index contributed by atoms with van der Waals surface area (Å²) in [5.74, 6) is -1.95. The lowest BCUT2D eigenvalue weighted by molar-refractivity contribution is -0.143. The van der Waals surface area contributed by atoms with Crippen LogP contribution in [0.3, 0.4) is 0 Å². The number of rotatable bonds is 4. The average Bonchev–Trinajstić information content (AvgIpc) is 3.04. The summed E-state index contributed by atoms with van der Waals surface area (Å²) in [5.41, 5.74) is 2.36. The van der Waals surface area contributed by atoms with E-state index in [4.69, 9.17) is 0 Å². The number of nitrogens with zero attached hydrogens (tertiary/aromatic N) is 2. The number of amides is 3. The molecule has 3 aliphatic heterocycles. The molecule has 0 bridgehead atoms. The minimum atomic E-state index is -0.725. The first-order chi connectivity index (χ1) is 14.9. The largest absolute Gasteiger partial charge is 0.481 e. The van der Waals surface area contributed by atoms with Gasteiger partial charge >= 0.3 is 5.97 Å². The van der Waals surface area contributed by atoms with Crippen LogP contribution in [0.15, 0.2) is 30.3 Å². The van der Waals surface area contributed by atoms with Gasteiger partial charge in [0.15, 0.2) is 0 Å². The Balaban J connectivity index is 1.46. The Kier molecular flexibility index (Phi) is 4.74. The van der Waals surface area contributed by atoms with E-state index in [0.29, 0.717) is 37.1 Å². The molecule has 160 valence electrons. The Bertz CT molecular complexity index is 1120. The summed E-state index contributed by atoms with van der Waals surface area (Å²) in [6, 6.07) is 8.81. The van der Waals surface area contributed by atoms with Gasteiger partial charge in [-0.25, -0.2) is 0 Å². The van der Waals surface area contributed by atoms with Gasteiger partial charge in [-0.1, -0.05) is 18.2 Å². The quantitative estimate of drug-likeness (QED) is 0.731. The van der Waals surface area contributed by atoms with E-state index in [1.165, 1.54) is 4.90 Å². The minimum Gasteiger partial charge on any atom is -0.481 e. The lowest BCUT2D eigenvalue weighted by Gasteiger charge is -2.31. The third-order valence-electron chi connectivity index (χ3n) is 6.67. The lowest BCUT2D eigenvalue weighted by atomic mass is 9.95. The smallest absolute Gasteiger partial charge is 0.306 e. The van der Waals surface area contributed by atoms with Crippen LogP contribution in [0.1, 0.15) is 41.6 Å². The van der Waals surface area contributed by atoms with Gasteiger partial charge in [0.1, 0.15) is 6.04 Å². The van der Waals surface area contributed by atoms with E-state index in [-0.39, 0.29) is 24.2 Å². The van der Waals surface area contributed by atoms with E-state index < -0.39 is 17.9 Å². The fourth-order valence-corrected chi connectivity index (χ4v) is 5.02. The molecule has 1 unspecified atom stereocenters. The van der Waals surface area contributed by atoms with E-state index in [2.05, 4.69) is 10.2 Å². The van der Waals surface area contributed by atoms with Crippen LogP contribution in [0.5, 0.6) is 0 Å². The van der Waals surface area contributed by atoms with Crippen LogP contribution >= 0.6 is 0 Å². The number of nitrogens with one attached hydrogen (secondary N) is 1. The number of carboxylic acids is 1. The van der Waals surface area contributed by atoms with Crippen molar-refractivity contribution in [2.45, 2.75) is 38.3 Å². The van der Waals surface area contributed by atoms with Gasteiger partial charge < -0.3 is 5.11 Å². The number of benzene rings is 2. The number of carbonyl (C=O) groups is 4. The van der Waals surface area contributed by atoms with Crippen molar-refractivity contribution >= 4 is 40.2 Å². The Morgan fingerprint density at radius 3 is 2.55 bits per heavy atom. The minimum absolute atomic E-state index is 0.212. The van der Waals surface area contributed by atoms with E-state index in [1.807, 2.05) is 24.3 Å². The lowest BCUT2D eigenvalue weighted by Crippen LogP contribution is -2.53. The summed E-state index contributed by atoms with van der Waals surface area (Å²) in [5, 5.41) is 13.4. The van der Waals surface area contributed by atoms with Crippen LogP contribution in [0.2, 0.25) is 0 Å². The molecule has 2 aromatic carbocycles. The molecule has 0 spiro atoms.